The second-order valence-electron chi connectivity index (χ2n) is 5.13. The second kappa shape index (κ2) is 2.80. The highest BCUT2D eigenvalue weighted by molar-refractivity contribution is 5.22. The van der Waals surface area contributed by atoms with Gasteiger partial charge in [0.05, 0.1) is 5.60 Å². The molecule has 1 aromatic rings. The van der Waals surface area contributed by atoms with E-state index >= 15 is 0 Å². The molecule has 1 aliphatic carbocycles. The minimum absolute atomic E-state index is 0.277. The summed E-state index contributed by atoms with van der Waals surface area (Å²) in [5.41, 5.74) is 0.479. The minimum Gasteiger partial charge on any atom is -0.385 e. The molecule has 0 aromatic carbocycles. The third kappa shape index (κ3) is 1.44. The highest BCUT2D eigenvalue weighted by atomic mass is 16.3. The van der Waals surface area contributed by atoms with Gasteiger partial charge in [0.15, 0.2) is 0 Å². The molecule has 1 aromatic heterocycles. The Labute approximate surface area is 85.0 Å². The van der Waals surface area contributed by atoms with Gasteiger partial charge in [0.25, 0.3) is 0 Å². The van der Waals surface area contributed by atoms with E-state index in [-0.39, 0.29) is 5.41 Å². The zero-order valence-electron chi connectivity index (χ0n) is 8.99. The van der Waals surface area contributed by atoms with Crippen molar-refractivity contribution in [2.75, 3.05) is 0 Å². The fourth-order valence-corrected chi connectivity index (χ4v) is 2.29. The van der Waals surface area contributed by atoms with Crippen molar-refractivity contribution in [2.45, 2.75) is 32.8 Å². The fourth-order valence-electron chi connectivity index (χ4n) is 2.29. The zero-order chi connectivity index (χ0) is 10.4. The van der Waals surface area contributed by atoms with Crippen molar-refractivity contribution < 1.29 is 5.11 Å². The molecule has 0 spiro atoms. The zero-order valence-corrected chi connectivity index (χ0v) is 8.99. The monoisotopic (exact) mass is 191 g/mol. The lowest BCUT2D eigenvalue weighted by Crippen LogP contribution is -2.26. The van der Waals surface area contributed by atoms with Crippen LogP contribution in [0.25, 0.3) is 0 Å². The number of nitrogens with zero attached hydrogens (tertiary/aromatic N) is 1. The van der Waals surface area contributed by atoms with E-state index in [2.05, 4.69) is 18.8 Å². The summed E-state index contributed by atoms with van der Waals surface area (Å²) in [6.45, 7) is 6.29. The van der Waals surface area contributed by atoms with Crippen LogP contribution < -0.4 is 0 Å². The van der Waals surface area contributed by atoms with E-state index in [0.29, 0.717) is 5.92 Å². The molecule has 1 fully saturated rings. The van der Waals surface area contributed by atoms with Gasteiger partial charge in [0, 0.05) is 18.0 Å². The Morgan fingerprint density at radius 3 is 2.64 bits per heavy atom. The van der Waals surface area contributed by atoms with Gasteiger partial charge in [-0.05, 0) is 30.7 Å². The maximum atomic E-state index is 10.4. The van der Waals surface area contributed by atoms with Crippen molar-refractivity contribution in [2.24, 2.45) is 11.3 Å². The summed E-state index contributed by atoms with van der Waals surface area (Å²) in [4.78, 5) is 4.05. The molecular formula is C12H17NO. The first-order valence-electron chi connectivity index (χ1n) is 5.07. The van der Waals surface area contributed by atoms with Gasteiger partial charge in [-0.25, -0.2) is 0 Å². The third-order valence-electron chi connectivity index (χ3n) is 3.44. The third-order valence-corrected chi connectivity index (χ3v) is 3.44. The van der Waals surface area contributed by atoms with E-state index in [0.717, 1.165) is 12.0 Å². The number of pyridine rings is 1. The topological polar surface area (TPSA) is 33.1 Å². The molecule has 0 aliphatic heterocycles. The van der Waals surface area contributed by atoms with E-state index in [1.165, 1.54) is 0 Å². The highest BCUT2D eigenvalue weighted by Crippen LogP contribution is 2.59. The maximum Gasteiger partial charge on any atom is 0.0916 e. The molecule has 1 aliphatic rings. The molecule has 2 atom stereocenters. The van der Waals surface area contributed by atoms with Gasteiger partial charge in [-0.3, -0.25) is 4.98 Å². The molecule has 0 amide bonds. The van der Waals surface area contributed by atoms with Crippen LogP contribution in [0.3, 0.4) is 0 Å². The summed E-state index contributed by atoms with van der Waals surface area (Å²) in [6, 6.07) is 3.82. The van der Waals surface area contributed by atoms with Crippen LogP contribution in [-0.2, 0) is 5.60 Å². The summed E-state index contributed by atoms with van der Waals surface area (Å²) in [5, 5.41) is 10.4. The van der Waals surface area contributed by atoms with Crippen molar-refractivity contribution in [3.8, 4) is 0 Å². The van der Waals surface area contributed by atoms with Crippen molar-refractivity contribution in [1.82, 2.24) is 4.98 Å². The van der Waals surface area contributed by atoms with Crippen molar-refractivity contribution in [1.29, 1.82) is 0 Å². The van der Waals surface area contributed by atoms with Gasteiger partial charge in [-0.15, -0.1) is 0 Å². The first kappa shape index (κ1) is 9.66. The molecule has 1 N–H and O–H groups in total. The standard InChI is InChI=1S/C12H17NO/c1-11(2)7-10(11)12(3,14)9-5-4-6-13-8-9/h4-6,8,10,14H,7H2,1-3H3. The lowest BCUT2D eigenvalue weighted by molar-refractivity contribution is 0.0206. The molecule has 0 saturated heterocycles. The molecule has 0 bridgehead atoms. The molecule has 0 radical (unpaired) electrons. The Morgan fingerprint density at radius 1 is 1.57 bits per heavy atom. The molecule has 14 heavy (non-hydrogen) atoms. The number of aromatic nitrogens is 1. The largest absolute Gasteiger partial charge is 0.385 e. The molecule has 2 heteroatoms. The molecule has 76 valence electrons. The molecule has 2 nitrogen and oxygen atoms in total. The van der Waals surface area contributed by atoms with Crippen LogP contribution in [0.2, 0.25) is 0 Å². The summed E-state index contributed by atoms with van der Waals surface area (Å²) in [5.74, 6) is 0.360. The van der Waals surface area contributed by atoms with E-state index in [4.69, 9.17) is 0 Å². The van der Waals surface area contributed by atoms with E-state index in [1.54, 1.807) is 12.4 Å². The Hall–Kier alpha value is -0.890. The summed E-state index contributed by atoms with van der Waals surface area (Å²) in [6.07, 6.45) is 4.58. The van der Waals surface area contributed by atoms with E-state index in [1.807, 2.05) is 19.1 Å². The Morgan fingerprint density at radius 2 is 2.21 bits per heavy atom. The number of aliphatic hydroxyl groups is 1. The fraction of sp³-hybridized carbons (Fsp3) is 0.583. The maximum absolute atomic E-state index is 10.4. The highest BCUT2D eigenvalue weighted by Gasteiger charge is 2.55. The summed E-state index contributed by atoms with van der Waals surface area (Å²) >= 11 is 0. The van der Waals surface area contributed by atoms with Gasteiger partial charge in [-0.1, -0.05) is 19.9 Å². The summed E-state index contributed by atoms with van der Waals surface area (Å²) < 4.78 is 0. The van der Waals surface area contributed by atoms with Gasteiger partial charge in [0.2, 0.25) is 0 Å². The normalized spacial score (nSPS) is 28.1. The minimum atomic E-state index is -0.724. The van der Waals surface area contributed by atoms with Gasteiger partial charge < -0.3 is 5.11 Å². The van der Waals surface area contributed by atoms with Crippen LogP contribution in [0.15, 0.2) is 24.5 Å². The van der Waals surface area contributed by atoms with Crippen LogP contribution >= 0.6 is 0 Å². The molecular weight excluding hydrogens is 174 g/mol. The lowest BCUT2D eigenvalue weighted by Gasteiger charge is -2.25. The average molecular weight is 191 g/mol. The lowest BCUT2D eigenvalue weighted by atomic mass is 9.88. The predicted octanol–water partition coefficient (Wildman–Crippen LogP) is 2.34. The van der Waals surface area contributed by atoms with Crippen molar-refractivity contribution >= 4 is 0 Å². The van der Waals surface area contributed by atoms with Gasteiger partial charge >= 0.3 is 0 Å². The molecule has 2 unspecified atom stereocenters. The molecule has 2 rings (SSSR count). The summed E-state index contributed by atoms with van der Waals surface area (Å²) in [7, 11) is 0. The van der Waals surface area contributed by atoms with Crippen LogP contribution in [0.1, 0.15) is 32.8 Å². The SMILES string of the molecule is CC1(C)CC1C(C)(O)c1cccnc1. The average Bonchev–Trinajstić information content (AvgIpc) is 2.78. The Kier molecular flexibility index (Phi) is 1.93. The van der Waals surface area contributed by atoms with Gasteiger partial charge in [0.1, 0.15) is 0 Å². The van der Waals surface area contributed by atoms with Gasteiger partial charge in [-0.2, -0.15) is 0 Å². The van der Waals surface area contributed by atoms with E-state index < -0.39 is 5.60 Å². The van der Waals surface area contributed by atoms with Crippen LogP contribution in [0, 0.1) is 11.3 Å². The first-order valence-corrected chi connectivity index (χ1v) is 5.07. The predicted molar refractivity (Wildman–Crippen MR) is 55.7 cm³/mol. The first-order chi connectivity index (χ1) is 6.44. The molecule has 1 saturated carbocycles. The van der Waals surface area contributed by atoms with Crippen molar-refractivity contribution in [3.63, 3.8) is 0 Å². The molecule has 1 heterocycles. The Bertz CT molecular complexity index is 329. The van der Waals surface area contributed by atoms with Crippen LogP contribution in [-0.4, -0.2) is 10.1 Å². The van der Waals surface area contributed by atoms with E-state index in [9.17, 15) is 5.11 Å². The van der Waals surface area contributed by atoms with Crippen LogP contribution in [0.4, 0.5) is 0 Å². The second-order valence-corrected chi connectivity index (χ2v) is 5.13. The van der Waals surface area contributed by atoms with Crippen molar-refractivity contribution in [3.05, 3.63) is 30.1 Å². The Balaban J connectivity index is 2.26. The smallest absolute Gasteiger partial charge is 0.0916 e. The number of hydrogen-bond donors (Lipinski definition) is 1. The quantitative estimate of drug-likeness (QED) is 0.778. The number of hydrogen-bond acceptors (Lipinski definition) is 2. The van der Waals surface area contributed by atoms with Crippen LogP contribution in [0.5, 0.6) is 0 Å². The number of rotatable bonds is 2.